The zero-order chi connectivity index (χ0) is 34.7. The lowest BCUT2D eigenvalue weighted by Crippen LogP contribution is -2.40. The van der Waals surface area contributed by atoms with Crippen molar-refractivity contribution < 1.29 is 30.8 Å². The highest BCUT2D eigenvalue weighted by molar-refractivity contribution is 7.89. The van der Waals surface area contributed by atoms with Gasteiger partial charge in [-0.2, -0.15) is 17.9 Å². The summed E-state index contributed by atoms with van der Waals surface area (Å²) >= 11 is 0. The molecule has 0 aliphatic carbocycles. The fourth-order valence-electron chi connectivity index (χ4n) is 5.01. The molecule has 252 valence electrons. The van der Waals surface area contributed by atoms with Crippen molar-refractivity contribution in [3.05, 3.63) is 93.9 Å². The third-order valence-electron chi connectivity index (χ3n) is 7.14. The van der Waals surface area contributed by atoms with Crippen LogP contribution in [0.5, 0.6) is 0 Å². The van der Waals surface area contributed by atoms with Crippen LogP contribution in [0.15, 0.2) is 70.4 Å². The monoisotopic (exact) mass is 675 g/mol. The van der Waals surface area contributed by atoms with Gasteiger partial charge in [-0.25, -0.2) is 22.3 Å². The van der Waals surface area contributed by atoms with Crippen LogP contribution in [0, 0.1) is 5.82 Å². The summed E-state index contributed by atoms with van der Waals surface area (Å²) in [6.45, 7) is 8.29. The number of nitrogens with zero attached hydrogens (tertiary/aromatic N) is 3. The Bertz CT molecular complexity index is 1940. The number of anilines is 1. The average molecular weight is 676 g/mol. The molecule has 0 aliphatic rings. The molecule has 9 nitrogen and oxygen atoms in total. The van der Waals surface area contributed by atoms with Crippen LogP contribution in [-0.4, -0.2) is 34.2 Å². The molecule has 0 spiro atoms. The maximum absolute atomic E-state index is 15.6. The largest absolute Gasteiger partial charge is 0.418 e. The SMILES string of the molecule is CCCCC(=O)Nc1ccc(C(F)(F)F)c(-n2nc(CC)n(Cc3ccc(-c4ccccc4S(=O)(=O)NC(C)(C)C)cc3F)c2=O)c1. The second-order valence-electron chi connectivity index (χ2n) is 12.1. The van der Waals surface area contributed by atoms with E-state index in [2.05, 4.69) is 15.1 Å². The predicted octanol–water partition coefficient (Wildman–Crippen LogP) is 6.68. The van der Waals surface area contributed by atoms with E-state index in [-0.39, 0.29) is 58.4 Å². The Morgan fingerprint density at radius 1 is 0.979 bits per heavy atom. The molecule has 0 bridgehead atoms. The first-order valence-electron chi connectivity index (χ1n) is 15.1. The van der Waals surface area contributed by atoms with Crippen molar-refractivity contribution in [3.63, 3.8) is 0 Å². The maximum Gasteiger partial charge on any atom is 0.418 e. The number of aromatic nitrogens is 3. The molecule has 0 saturated heterocycles. The number of sulfonamides is 1. The van der Waals surface area contributed by atoms with Crippen LogP contribution < -0.4 is 15.7 Å². The minimum atomic E-state index is -4.84. The van der Waals surface area contributed by atoms with Crippen molar-refractivity contribution in [2.45, 2.75) is 83.5 Å². The van der Waals surface area contributed by atoms with Gasteiger partial charge in [0, 0.05) is 35.2 Å². The lowest BCUT2D eigenvalue weighted by Gasteiger charge is -2.21. The molecule has 0 aliphatic heterocycles. The van der Waals surface area contributed by atoms with Gasteiger partial charge in [-0.1, -0.05) is 50.6 Å². The van der Waals surface area contributed by atoms with Crippen molar-refractivity contribution in [2.75, 3.05) is 5.32 Å². The molecule has 1 aromatic heterocycles. The Balaban J connectivity index is 1.73. The predicted molar refractivity (Wildman–Crippen MR) is 171 cm³/mol. The van der Waals surface area contributed by atoms with E-state index in [9.17, 15) is 31.2 Å². The molecule has 0 saturated carbocycles. The first kappa shape index (κ1) is 35.6. The minimum Gasteiger partial charge on any atom is -0.326 e. The molecule has 0 fully saturated rings. The summed E-state index contributed by atoms with van der Waals surface area (Å²) in [5.74, 6) is -1.03. The van der Waals surface area contributed by atoms with Crippen LogP contribution >= 0.6 is 0 Å². The van der Waals surface area contributed by atoms with Gasteiger partial charge in [-0.05, 0) is 63.1 Å². The first-order chi connectivity index (χ1) is 21.9. The molecule has 4 aromatic rings. The standard InChI is InChI=1S/C33H37F4N5O4S/c1-6-8-13-30(43)38-23-16-17-25(33(35,36)37)27(19-23)42-31(44)41(29(7-2)39-42)20-22-15-14-21(18-26(22)34)24-11-9-10-12-28(24)47(45,46)40-32(3,4)5/h9-12,14-19,40H,6-8,13,20H2,1-5H3,(H,38,43). The molecule has 2 N–H and O–H groups in total. The van der Waals surface area contributed by atoms with E-state index in [1.54, 1.807) is 45.9 Å². The summed E-state index contributed by atoms with van der Waals surface area (Å²) in [6, 6.07) is 13.1. The van der Waals surface area contributed by atoms with Crippen LogP contribution in [0.2, 0.25) is 0 Å². The van der Waals surface area contributed by atoms with Gasteiger partial charge in [-0.3, -0.25) is 9.36 Å². The highest BCUT2D eigenvalue weighted by atomic mass is 32.2. The van der Waals surface area contributed by atoms with Crippen LogP contribution in [0.25, 0.3) is 16.8 Å². The molecule has 0 radical (unpaired) electrons. The Morgan fingerprint density at radius 3 is 2.30 bits per heavy atom. The van der Waals surface area contributed by atoms with Crippen LogP contribution in [-0.2, 0) is 34.0 Å². The van der Waals surface area contributed by atoms with Crippen molar-refractivity contribution >= 4 is 21.6 Å². The van der Waals surface area contributed by atoms with Gasteiger partial charge in [0.05, 0.1) is 22.7 Å². The third kappa shape index (κ3) is 8.35. The van der Waals surface area contributed by atoms with Crippen LogP contribution in [0.1, 0.15) is 70.8 Å². The molecule has 47 heavy (non-hydrogen) atoms. The smallest absolute Gasteiger partial charge is 0.326 e. The Hall–Kier alpha value is -4.30. The minimum absolute atomic E-state index is 0.0336. The van der Waals surface area contributed by atoms with E-state index in [1.807, 2.05) is 6.92 Å². The molecule has 1 amide bonds. The second-order valence-corrected chi connectivity index (χ2v) is 13.7. The van der Waals surface area contributed by atoms with E-state index < -0.39 is 44.5 Å². The normalized spacial score (nSPS) is 12.4. The van der Waals surface area contributed by atoms with E-state index in [0.717, 1.165) is 35.3 Å². The Labute approximate surface area is 270 Å². The van der Waals surface area contributed by atoms with Crippen molar-refractivity contribution in [2.24, 2.45) is 0 Å². The molecule has 0 unspecified atom stereocenters. The summed E-state index contributed by atoms with van der Waals surface area (Å²) in [7, 11) is -3.97. The molecular weight excluding hydrogens is 638 g/mol. The summed E-state index contributed by atoms with van der Waals surface area (Å²) in [5.41, 5.74) is -2.79. The highest BCUT2D eigenvalue weighted by Gasteiger charge is 2.35. The number of carbonyl (C=O) groups excluding carboxylic acids is 1. The Kier molecular flexibility index (Phi) is 10.5. The summed E-state index contributed by atoms with van der Waals surface area (Å²) in [6.07, 6.45) is -3.17. The van der Waals surface area contributed by atoms with E-state index in [4.69, 9.17) is 0 Å². The van der Waals surface area contributed by atoms with Gasteiger partial charge in [-0.15, -0.1) is 5.10 Å². The number of carbonyl (C=O) groups is 1. The van der Waals surface area contributed by atoms with Gasteiger partial charge >= 0.3 is 11.9 Å². The number of benzene rings is 3. The Morgan fingerprint density at radius 2 is 1.68 bits per heavy atom. The fraction of sp³-hybridized carbons (Fsp3) is 0.364. The van der Waals surface area contributed by atoms with E-state index in [0.29, 0.717) is 11.1 Å². The topological polar surface area (TPSA) is 115 Å². The zero-order valence-electron chi connectivity index (χ0n) is 26.7. The number of halogens is 4. The summed E-state index contributed by atoms with van der Waals surface area (Å²) in [5, 5.41) is 6.72. The molecule has 0 atom stereocenters. The van der Waals surface area contributed by atoms with Crippen molar-refractivity contribution in [3.8, 4) is 16.8 Å². The number of hydrogen-bond donors (Lipinski definition) is 2. The highest BCUT2D eigenvalue weighted by Crippen LogP contribution is 2.35. The van der Waals surface area contributed by atoms with Gasteiger partial charge < -0.3 is 5.32 Å². The van der Waals surface area contributed by atoms with Crippen LogP contribution in [0.3, 0.4) is 0 Å². The summed E-state index contributed by atoms with van der Waals surface area (Å²) < 4.78 is 88.3. The van der Waals surface area contributed by atoms with Crippen molar-refractivity contribution in [1.82, 2.24) is 19.1 Å². The lowest BCUT2D eigenvalue weighted by molar-refractivity contribution is -0.137. The van der Waals surface area contributed by atoms with Gasteiger partial charge in [0.25, 0.3) is 0 Å². The number of amides is 1. The van der Waals surface area contributed by atoms with Crippen molar-refractivity contribution in [1.29, 1.82) is 0 Å². The summed E-state index contributed by atoms with van der Waals surface area (Å²) in [4.78, 5) is 25.8. The number of aryl methyl sites for hydroxylation is 1. The van der Waals surface area contributed by atoms with Gasteiger partial charge in [0.15, 0.2) is 0 Å². The first-order valence-corrected chi connectivity index (χ1v) is 16.6. The molecular formula is C33H37F4N5O4S. The van der Waals surface area contributed by atoms with E-state index in [1.165, 1.54) is 18.2 Å². The number of hydrogen-bond acceptors (Lipinski definition) is 5. The second kappa shape index (κ2) is 13.8. The molecule has 3 aromatic carbocycles. The van der Waals surface area contributed by atoms with Crippen LogP contribution in [0.4, 0.5) is 23.2 Å². The number of nitrogens with one attached hydrogen (secondary N) is 2. The lowest BCUT2D eigenvalue weighted by atomic mass is 10.0. The number of alkyl halides is 3. The third-order valence-corrected chi connectivity index (χ3v) is 8.95. The van der Waals surface area contributed by atoms with Gasteiger partial charge in [0.2, 0.25) is 15.9 Å². The molecule has 4 rings (SSSR count). The zero-order valence-corrected chi connectivity index (χ0v) is 27.5. The number of unbranched alkanes of at least 4 members (excludes halogenated alkanes) is 1. The van der Waals surface area contributed by atoms with Gasteiger partial charge in [0.1, 0.15) is 11.6 Å². The maximum atomic E-state index is 15.6. The fourth-order valence-corrected chi connectivity index (χ4v) is 6.66. The average Bonchev–Trinajstić information content (AvgIpc) is 3.29. The molecule has 1 heterocycles. The number of rotatable bonds is 11. The quantitative estimate of drug-likeness (QED) is 0.172. The molecule has 14 heteroatoms. The van der Waals surface area contributed by atoms with E-state index >= 15 is 4.39 Å².